The van der Waals surface area contributed by atoms with Crippen LogP contribution in [0.3, 0.4) is 0 Å². The van der Waals surface area contributed by atoms with E-state index in [4.69, 9.17) is 19.4 Å². The van der Waals surface area contributed by atoms with Gasteiger partial charge in [0, 0.05) is 32.8 Å². The monoisotopic (exact) mass is 677 g/mol. The summed E-state index contributed by atoms with van der Waals surface area (Å²) in [6, 6.07) is 65.0. The van der Waals surface area contributed by atoms with Gasteiger partial charge < -0.3 is 4.42 Å². The molecule has 0 saturated heterocycles. The van der Waals surface area contributed by atoms with Gasteiger partial charge in [-0.2, -0.15) is 0 Å². The van der Waals surface area contributed by atoms with E-state index in [1.54, 1.807) is 0 Å². The van der Waals surface area contributed by atoms with Crippen LogP contribution in [0.1, 0.15) is 0 Å². The van der Waals surface area contributed by atoms with Crippen LogP contribution in [-0.4, -0.2) is 15.0 Å². The lowest BCUT2D eigenvalue weighted by molar-refractivity contribution is 0.673. The van der Waals surface area contributed by atoms with Gasteiger partial charge >= 0.3 is 0 Å². The molecular weight excluding hydrogens is 647 g/mol. The Kier molecular flexibility index (Phi) is 7.43. The fourth-order valence-corrected chi connectivity index (χ4v) is 7.33. The average Bonchev–Trinajstić information content (AvgIpc) is 3.63. The van der Waals surface area contributed by atoms with Crippen molar-refractivity contribution in [2.75, 3.05) is 0 Å². The number of aromatic nitrogens is 3. The van der Waals surface area contributed by atoms with E-state index in [0.29, 0.717) is 17.5 Å². The summed E-state index contributed by atoms with van der Waals surface area (Å²) in [5.74, 6) is 1.83. The van der Waals surface area contributed by atoms with Crippen LogP contribution >= 0.6 is 0 Å². The molecule has 0 aliphatic carbocycles. The van der Waals surface area contributed by atoms with E-state index in [2.05, 4.69) is 164 Å². The Labute approximate surface area is 306 Å². The van der Waals surface area contributed by atoms with Crippen molar-refractivity contribution in [2.24, 2.45) is 0 Å². The van der Waals surface area contributed by atoms with Crippen molar-refractivity contribution in [3.63, 3.8) is 0 Å². The molecule has 53 heavy (non-hydrogen) atoms. The lowest BCUT2D eigenvalue weighted by atomic mass is 9.96. The average molecular weight is 678 g/mol. The third-order valence-corrected chi connectivity index (χ3v) is 9.96. The lowest BCUT2D eigenvalue weighted by Gasteiger charge is -2.12. The summed E-state index contributed by atoms with van der Waals surface area (Å²) in [6.45, 7) is 0. The quantitative estimate of drug-likeness (QED) is 0.176. The second-order valence-corrected chi connectivity index (χ2v) is 13.2. The van der Waals surface area contributed by atoms with Gasteiger partial charge in [0.05, 0.1) is 0 Å². The molecule has 0 aliphatic heterocycles. The van der Waals surface area contributed by atoms with Crippen LogP contribution in [0.4, 0.5) is 0 Å². The topological polar surface area (TPSA) is 51.8 Å². The van der Waals surface area contributed by atoms with Crippen LogP contribution in [0.5, 0.6) is 0 Å². The van der Waals surface area contributed by atoms with Crippen LogP contribution in [0, 0.1) is 0 Å². The molecule has 2 aromatic heterocycles. The molecule has 8 aromatic carbocycles. The van der Waals surface area contributed by atoms with E-state index >= 15 is 0 Å². The first-order chi connectivity index (χ1) is 26.3. The molecule has 10 rings (SSSR count). The van der Waals surface area contributed by atoms with E-state index in [0.717, 1.165) is 82.8 Å². The second-order valence-electron chi connectivity index (χ2n) is 13.2. The summed E-state index contributed by atoms with van der Waals surface area (Å²) >= 11 is 0. The van der Waals surface area contributed by atoms with Gasteiger partial charge in [-0.1, -0.05) is 176 Å². The summed E-state index contributed by atoms with van der Waals surface area (Å²) in [5, 5.41) is 4.12. The number of fused-ring (bicyclic) bond motifs is 5. The van der Waals surface area contributed by atoms with Crippen molar-refractivity contribution in [3.05, 3.63) is 188 Å². The standard InChI is InChI=1S/C49H31N3O/c1-4-13-32(14-5-1)34-23-27-37(28-24-34)47-50-48(38-29-25-35(26-30-38)33-15-6-2-7-16-33)52-49(51-47)42-31-43-45-39(36-17-8-3-9-18-36)21-12-22-44(45)53-46(43)41-20-11-10-19-40(41)42/h1-31H. The first-order valence-corrected chi connectivity index (χ1v) is 17.8. The molecule has 0 spiro atoms. The Hall–Kier alpha value is -7.17. The van der Waals surface area contributed by atoms with E-state index < -0.39 is 0 Å². The van der Waals surface area contributed by atoms with Gasteiger partial charge in [-0.05, 0) is 50.9 Å². The number of nitrogens with zero attached hydrogens (tertiary/aromatic N) is 3. The SMILES string of the molecule is c1ccc(-c2ccc(-c3nc(-c4ccc(-c5ccccc5)cc4)nc(-c4cc5c(oc6cccc(-c7ccccc7)c65)c5ccccc45)n3)cc2)cc1. The predicted molar refractivity (Wildman–Crippen MR) is 217 cm³/mol. The number of furan rings is 1. The summed E-state index contributed by atoms with van der Waals surface area (Å²) in [7, 11) is 0. The minimum absolute atomic E-state index is 0.605. The molecule has 2 heterocycles. The molecule has 248 valence electrons. The summed E-state index contributed by atoms with van der Waals surface area (Å²) in [6.07, 6.45) is 0. The van der Waals surface area contributed by atoms with Crippen molar-refractivity contribution in [2.45, 2.75) is 0 Å². The van der Waals surface area contributed by atoms with E-state index in [1.165, 1.54) is 0 Å². The smallest absolute Gasteiger partial charge is 0.164 e. The first kappa shape index (κ1) is 30.6. The van der Waals surface area contributed by atoms with Crippen molar-refractivity contribution < 1.29 is 4.42 Å². The number of rotatable bonds is 6. The molecule has 4 nitrogen and oxygen atoms in total. The number of benzene rings is 8. The van der Waals surface area contributed by atoms with E-state index in [1.807, 2.05) is 24.3 Å². The zero-order valence-corrected chi connectivity index (χ0v) is 28.6. The zero-order chi connectivity index (χ0) is 35.1. The van der Waals surface area contributed by atoms with Gasteiger partial charge in [-0.3, -0.25) is 0 Å². The van der Waals surface area contributed by atoms with E-state index in [9.17, 15) is 0 Å². The highest BCUT2D eigenvalue weighted by Gasteiger charge is 2.20. The third-order valence-electron chi connectivity index (χ3n) is 9.96. The fourth-order valence-electron chi connectivity index (χ4n) is 7.33. The van der Waals surface area contributed by atoms with Gasteiger partial charge in [-0.25, -0.2) is 15.0 Å². The highest BCUT2D eigenvalue weighted by molar-refractivity contribution is 6.21. The summed E-state index contributed by atoms with van der Waals surface area (Å²) in [5.41, 5.74) is 11.3. The third kappa shape index (κ3) is 5.54. The van der Waals surface area contributed by atoms with Crippen LogP contribution in [-0.2, 0) is 0 Å². The highest BCUT2D eigenvalue weighted by atomic mass is 16.3. The molecule has 0 bridgehead atoms. The summed E-state index contributed by atoms with van der Waals surface area (Å²) in [4.78, 5) is 15.5. The van der Waals surface area contributed by atoms with Gasteiger partial charge in [-0.15, -0.1) is 0 Å². The Morgan fingerprint density at radius 3 is 1.32 bits per heavy atom. The van der Waals surface area contributed by atoms with Gasteiger partial charge in [0.2, 0.25) is 0 Å². The lowest BCUT2D eigenvalue weighted by Crippen LogP contribution is -2.00. The molecular formula is C49H31N3O. The van der Waals surface area contributed by atoms with Crippen molar-refractivity contribution >= 4 is 32.7 Å². The molecule has 4 heteroatoms. The molecule has 0 saturated carbocycles. The van der Waals surface area contributed by atoms with Crippen LogP contribution in [0.15, 0.2) is 192 Å². The fraction of sp³-hybridized carbons (Fsp3) is 0. The largest absolute Gasteiger partial charge is 0.455 e. The first-order valence-electron chi connectivity index (χ1n) is 17.8. The molecule has 0 fully saturated rings. The van der Waals surface area contributed by atoms with Gasteiger partial charge in [0.1, 0.15) is 11.2 Å². The van der Waals surface area contributed by atoms with Crippen LogP contribution in [0.2, 0.25) is 0 Å². The molecule has 0 N–H and O–H groups in total. The van der Waals surface area contributed by atoms with Gasteiger partial charge in [0.25, 0.3) is 0 Å². The molecule has 0 amide bonds. The van der Waals surface area contributed by atoms with Crippen molar-refractivity contribution in [1.82, 2.24) is 15.0 Å². The number of hydrogen-bond donors (Lipinski definition) is 0. The maximum absolute atomic E-state index is 6.65. The van der Waals surface area contributed by atoms with E-state index in [-0.39, 0.29) is 0 Å². The second kappa shape index (κ2) is 12.9. The Morgan fingerprint density at radius 1 is 0.302 bits per heavy atom. The molecule has 0 radical (unpaired) electrons. The Balaban J connectivity index is 1.19. The Bertz CT molecular complexity index is 2800. The Morgan fingerprint density at radius 2 is 0.755 bits per heavy atom. The minimum Gasteiger partial charge on any atom is -0.455 e. The maximum Gasteiger partial charge on any atom is 0.164 e. The molecule has 0 unspecified atom stereocenters. The maximum atomic E-state index is 6.65. The van der Waals surface area contributed by atoms with Gasteiger partial charge in [0.15, 0.2) is 17.5 Å². The number of hydrogen-bond acceptors (Lipinski definition) is 4. The van der Waals surface area contributed by atoms with Crippen LogP contribution in [0.25, 0.3) is 100 Å². The summed E-state index contributed by atoms with van der Waals surface area (Å²) < 4.78 is 6.65. The molecule has 0 atom stereocenters. The predicted octanol–water partition coefficient (Wildman–Crippen LogP) is 12.9. The van der Waals surface area contributed by atoms with Crippen molar-refractivity contribution in [1.29, 1.82) is 0 Å². The minimum atomic E-state index is 0.605. The van der Waals surface area contributed by atoms with Crippen LogP contribution < -0.4 is 0 Å². The van der Waals surface area contributed by atoms with Crippen molar-refractivity contribution in [3.8, 4) is 67.5 Å². The highest BCUT2D eigenvalue weighted by Crippen LogP contribution is 2.43. The molecule has 10 aromatic rings. The molecule has 0 aliphatic rings. The zero-order valence-electron chi connectivity index (χ0n) is 28.6. The normalized spacial score (nSPS) is 11.4.